The fourth-order valence-corrected chi connectivity index (χ4v) is 5.80. The third-order valence-corrected chi connectivity index (χ3v) is 7.92. The summed E-state index contributed by atoms with van der Waals surface area (Å²) in [5.74, 6) is -0.329. The SMILES string of the molecule is CS(=O)(=O)c1ccc(C(=O)Nc2nc(-c3cccs3)c(-c3cccs3)s2)cc1. The van der Waals surface area contributed by atoms with Crippen LogP contribution in [-0.4, -0.2) is 25.6 Å². The number of anilines is 1. The highest BCUT2D eigenvalue weighted by molar-refractivity contribution is 7.90. The molecule has 0 bridgehead atoms. The van der Waals surface area contributed by atoms with Gasteiger partial charge in [0.05, 0.1) is 14.6 Å². The van der Waals surface area contributed by atoms with E-state index in [4.69, 9.17) is 0 Å². The lowest BCUT2D eigenvalue weighted by atomic mass is 10.2. The molecule has 0 aliphatic carbocycles. The number of carbonyl (C=O) groups excluding carboxylic acids is 1. The maximum Gasteiger partial charge on any atom is 0.257 e. The molecule has 9 heteroatoms. The van der Waals surface area contributed by atoms with Crippen molar-refractivity contribution in [3.63, 3.8) is 0 Å². The molecular weight excluding hydrogens is 432 g/mol. The van der Waals surface area contributed by atoms with Gasteiger partial charge in [-0.2, -0.15) is 0 Å². The zero-order valence-corrected chi connectivity index (χ0v) is 17.8. The minimum Gasteiger partial charge on any atom is -0.298 e. The first-order chi connectivity index (χ1) is 13.4. The second-order valence-corrected chi connectivity index (χ2v) is 10.8. The molecule has 0 fully saturated rings. The van der Waals surface area contributed by atoms with Crippen molar-refractivity contribution in [2.75, 3.05) is 11.6 Å². The van der Waals surface area contributed by atoms with Gasteiger partial charge in [0.25, 0.3) is 5.91 Å². The van der Waals surface area contributed by atoms with Crippen LogP contribution < -0.4 is 5.32 Å². The first-order valence-corrected chi connectivity index (χ1v) is 12.6. The number of thiophene rings is 2. The number of rotatable bonds is 5. The normalized spacial score (nSPS) is 11.5. The van der Waals surface area contributed by atoms with Crippen LogP contribution in [0.4, 0.5) is 5.13 Å². The predicted octanol–water partition coefficient (Wildman–Crippen LogP) is 5.26. The lowest BCUT2D eigenvalue weighted by Crippen LogP contribution is -2.11. The number of nitrogens with zero attached hydrogens (tertiary/aromatic N) is 1. The molecule has 1 N–H and O–H groups in total. The molecule has 3 aromatic heterocycles. The summed E-state index contributed by atoms with van der Waals surface area (Å²) in [6.45, 7) is 0. The zero-order chi connectivity index (χ0) is 19.7. The quantitative estimate of drug-likeness (QED) is 0.454. The molecule has 0 spiro atoms. The number of nitrogens with one attached hydrogen (secondary N) is 1. The van der Waals surface area contributed by atoms with Gasteiger partial charge in [0.2, 0.25) is 0 Å². The summed E-state index contributed by atoms with van der Waals surface area (Å²) in [6.07, 6.45) is 1.13. The number of benzene rings is 1. The molecule has 0 aliphatic heterocycles. The molecular formula is C19H14N2O3S4. The van der Waals surface area contributed by atoms with Crippen molar-refractivity contribution in [2.24, 2.45) is 0 Å². The van der Waals surface area contributed by atoms with E-state index in [1.807, 2.05) is 35.0 Å². The van der Waals surface area contributed by atoms with Gasteiger partial charge in [-0.05, 0) is 47.2 Å². The summed E-state index contributed by atoms with van der Waals surface area (Å²) < 4.78 is 23.1. The van der Waals surface area contributed by atoms with Crippen LogP contribution >= 0.6 is 34.0 Å². The highest BCUT2D eigenvalue weighted by Crippen LogP contribution is 2.42. The average molecular weight is 447 g/mol. The molecule has 4 aromatic rings. The van der Waals surface area contributed by atoms with Crippen molar-refractivity contribution in [2.45, 2.75) is 4.90 Å². The summed E-state index contributed by atoms with van der Waals surface area (Å²) in [5.41, 5.74) is 1.23. The topological polar surface area (TPSA) is 76.1 Å². The van der Waals surface area contributed by atoms with Gasteiger partial charge >= 0.3 is 0 Å². The molecule has 28 heavy (non-hydrogen) atoms. The highest BCUT2D eigenvalue weighted by Gasteiger charge is 2.18. The van der Waals surface area contributed by atoms with Crippen molar-refractivity contribution in [1.82, 2.24) is 4.98 Å². The highest BCUT2D eigenvalue weighted by atomic mass is 32.2. The van der Waals surface area contributed by atoms with Crippen LogP contribution in [0.3, 0.4) is 0 Å². The molecule has 0 unspecified atom stereocenters. The van der Waals surface area contributed by atoms with Crippen LogP contribution in [0.2, 0.25) is 0 Å². The van der Waals surface area contributed by atoms with Crippen molar-refractivity contribution in [1.29, 1.82) is 0 Å². The molecule has 0 saturated carbocycles. The average Bonchev–Trinajstić information content (AvgIpc) is 3.41. The van der Waals surface area contributed by atoms with Crippen molar-refractivity contribution >= 4 is 54.9 Å². The summed E-state index contributed by atoms with van der Waals surface area (Å²) in [5, 5.41) is 7.34. The van der Waals surface area contributed by atoms with Gasteiger partial charge < -0.3 is 0 Å². The molecule has 0 radical (unpaired) electrons. The van der Waals surface area contributed by atoms with E-state index in [9.17, 15) is 13.2 Å². The van der Waals surface area contributed by atoms with Crippen LogP contribution in [0.25, 0.3) is 20.3 Å². The number of hydrogen-bond acceptors (Lipinski definition) is 7. The van der Waals surface area contributed by atoms with Crippen LogP contribution in [0.1, 0.15) is 10.4 Å². The third-order valence-electron chi connectivity index (χ3n) is 3.89. The first kappa shape index (κ1) is 19.0. The number of amides is 1. The Morgan fingerprint density at radius 3 is 2.18 bits per heavy atom. The molecule has 0 atom stereocenters. The van der Waals surface area contributed by atoms with E-state index in [1.54, 1.807) is 22.7 Å². The van der Waals surface area contributed by atoms with Crippen LogP contribution in [0.5, 0.6) is 0 Å². The van der Waals surface area contributed by atoms with Gasteiger partial charge in [-0.3, -0.25) is 10.1 Å². The number of aromatic nitrogens is 1. The monoisotopic (exact) mass is 446 g/mol. The Balaban J connectivity index is 1.63. The van der Waals surface area contributed by atoms with Crippen LogP contribution in [-0.2, 0) is 9.84 Å². The molecule has 4 rings (SSSR count). The molecule has 0 aliphatic rings. The molecule has 3 heterocycles. The predicted molar refractivity (Wildman–Crippen MR) is 116 cm³/mol. The number of carbonyl (C=O) groups is 1. The molecule has 5 nitrogen and oxygen atoms in total. The minimum atomic E-state index is -3.30. The van der Waals surface area contributed by atoms with Gasteiger partial charge in [-0.15, -0.1) is 22.7 Å². The Labute approximate surface area is 174 Å². The lowest BCUT2D eigenvalue weighted by molar-refractivity contribution is 0.102. The standard InChI is InChI=1S/C19H14N2O3S4/c1-28(23,24)13-8-6-12(7-9-13)18(22)21-19-20-16(14-4-2-10-25-14)17(27-19)15-5-3-11-26-15/h2-11H,1H3,(H,20,21,22). The van der Waals surface area contributed by atoms with E-state index in [1.165, 1.54) is 35.6 Å². The molecule has 0 saturated heterocycles. The number of thiazole rings is 1. The number of hydrogen-bond donors (Lipinski definition) is 1. The minimum absolute atomic E-state index is 0.179. The van der Waals surface area contributed by atoms with Crippen molar-refractivity contribution in [3.05, 3.63) is 64.9 Å². The Morgan fingerprint density at radius 1 is 0.964 bits per heavy atom. The van der Waals surface area contributed by atoms with E-state index in [0.29, 0.717) is 10.7 Å². The zero-order valence-electron chi connectivity index (χ0n) is 14.6. The van der Waals surface area contributed by atoms with E-state index in [2.05, 4.69) is 10.3 Å². The Bertz CT molecular complexity index is 1160. The Kier molecular flexibility index (Phi) is 5.15. The van der Waals surface area contributed by atoms with E-state index in [0.717, 1.165) is 26.6 Å². The van der Waals surface area contributed by atoms with E-state index >= 15 is 0 Å². The van der Waals surface area contributed by atoms with E-state index < -0.39 is 9.84 Å². The lowest BCUT2D eigenvalue weighted by Gasteiger charge is -2.03. The Hall–Kier alpha value is -2.33. The van der Waals surface area contributed by atoms with Crippen LogP contribution in [0.15, 0.2) is 64.2 Å². The molecule has 142 valence electrons. The van der Waals surface area contributed by atoms with E-state index in [-0.39, 0.29) is 10.8 Å². The maximum atomic E-state index is 12.6. The fraction of sp³-hybridized carbons (Fsp3) is 0.0526. The summed E-state index contributed by atoms with van der Waals surface area (Å²) in [7, 11) is -3.30. The summed E-state index contributed by atoms with van der Waals surface area (Å²) in [6, 6.07) is 13.9. The third kappa shape index (κ3) is 3.93. The summed E-state index contributed by atoms with van der Waals surface area (Å²) in [4.78, 5) is 20.5. The van der Waals surface area contributed by atoms with Crippen molar-refractivity contribution < 1.29 is 13.2 Å². The van der Waals surface area contributed by atoms with Gasteiger partial charge in [-0.1, -0.05) is 23.5 Å². The van der Waals surface area contributed by atoms with Crippen LogP contribution in [0, 0.1) is 0 Å². The van der Waals surface area contributed by atoms with Gasteiger partial charge in [-0.25, -0.2) is 13.4 Å². The smallest absolute Gasteiger partial charge is 0.257 e. The van der Waals surface area contributed by atoms with Crippen molar-refractivity contribution in [3.8, 4) is 20.3 Å². The molecule has 1 aromatic carbocycles. The maximum absolute atomic E-state index is 12.6. The second kappa shape index (κ2) is 7.59. The largest absolute Gasteiger partial charge is 0.298 e. The van der Waals surface area contributed by atoms with Gasteiger partial charge in [0.1, 0.15) is 5.69 Å². The summed E-state index contributed by atoms with van der Waals surface area (Å²) >= 11 is 4.65. The first-order valence-electron chi connectivity index (χ1n) is 8.12. The second-order valence-electron chi connectivity index (χ2n) is 5.90. The van der Waals surface area contributed by atoms with Gasteiger partial charge in [0, 0.05) is 16.7 Å². The van der Waals surface area contributed by atoms with Gasteiger partial charge in [0.15, 0.2) is 15.0 Å². The fourth-order valence-electron chi connectivity index (χ4n) is 2.55. The molecule has 1 amide bonds. The Morgan fingerprint density at radius 2 is 1.61 bits per heavy atom. The number of sulfone groups is 1.